The largest absolute Gasteiger partial charge is 0.399 e. The van der Waals surface area contributed by atoms with E-state index in [1.54, 1.807) is 0 Å². The molecule has 0 unspecified atom stereocenters. The first kappa shape index (κ1) is 13.1. The van der Waals surface area contributed by atoms with Crippen molar-refractivity contribution >= 4 is 33.6 Å². The first-order valence-electron chi connectivity index (χ1n) is 2.02. The molecule has 0 aromatic heterocycles. The molecule has 0 spiro atoms. The molecule has 0 fully saturated rings. The third-order valence-electron chi connectivity index (χ3n) is 0.408. The van der Waals surface area contributed by atoms with Crippen LogP contribution in [0.15, 0.2) is 0 Å². The second kappa shape index (κ2) is 7.56. The Kier molecular flexibility index (Phi) is 9.88. The quantitative estimate of drug-likeness (QED) is 0.638. The van der Waals surface area contributed by atoms with Crippen LogP contribution in [0.5, 0.6) is 0 Å². The predicted molar refractivity (Wildman–Crippen MR) is 39.5 cm³/mol. The summed E-state index contributed by atoms with van der Waals surface area (Å²) in [5, 5.41) is 0.194. The lowest BCUT2D eigenvalue weighted by Crippen LogP contribution is -2.02. The van der Waals surface area contributed by atoms with E-state index in [-0.39, 0.29) is 5.34 Å². The maximum atomic E-state index is 9.92. The van der Waals surface area contributed by atoms with Crippen molar-refractivity contribution in [2.45, 2.75) is 0 Å². The summed E-state index contributed by atoms with van der Waals surface area (Å²) in [5.74, 6) is 0. The first-order valence-corrected chi connectivity index (χ1v) is 4.42. The summed E-state index contributed by atoms with van der Waals surface area (Å²) < 4.78 is 27.5. The number of halogens is 2. The Morgan fingerprint density at radius 1 is 1.20 bits per heavy atom. The molecule has 0 bridgehead atoms. The zero-order valence-corrected chi connectivity index (χ0v) is 7.83. The maximum absolute atomic E-state index is 9.92. The van der Waals surface area contributed by atoms with Gasteiger partial charge in [-0.1, -0.05) is 0 Å². The summed E-state index contributed by atoms with van der Waals surface area (Å²) in [6.07, 6.45) is 0. The molecule has 0 heterocycles. The molecule has 7 heteroatoms. The van der Waals surface area contributed by atoms with Gasteiger partial charge in [0, 0.05) is 0 Å². The number of hydrogen-bond acceptors (Lipinski definition) is 4. The van der Waals surface area contributed by atoms with Crippen molar-refractivity contribution in [1.29, 1.82) is 0 Å². The minimum atomic E-state index is -3.66. The van der Waals surface area contributed by atoms with Crippen molar-refractivity contribution in [1.82, 2.24) is 0 Å². The molecule has 0 rings (SSSR count). The van der Waals surface area contributed by atoms with Gasteiger partial charge in [-0.15, -0.1) is 23.2 Å². The van der Waals surface area contributed by atoms with Crippen LogP contribution >= 0.6 is 23.2 Å². The van der Waals surface area contributed by atoms with Crippen LogP contribution in [0.2, 0.25) is 0 Å². The van der Waals surface area contributed by atoms with Crippen LogP contribution in [0, 0.1) is 0 Å². The minimum Gasteiger partial charge on any atom is -0.252 e. The molecule has 0 atom stereocenters. The van der Waals surface area contributed by atoms with Gasteiger partial charge in [0.05, 0.1) is 19.6 Å². The highest BCUT2D eigenvalue weighted by atomic mass is 35.5. The Bertz CT molecular complexity index is 133. The Morgan fingerprint density at radius 2 is 1.40 bits per heavy atom. The molecule has 10 heavy (non-hydrogen) atoms. The molecule has 0 aliphatic rings. The molecule has 0 amide bonds. The van der Waals surface area contributed by atoms with Crippen LogP contribution in [-0.2, 0) is 18.8 Å². The van der Waals surface area contributed by atoms with E-state index in [0.29, 0.717) is 0 Å². The van der Waals surface area contributed by atoms with Crippen LogP contribution in [0.4, 0.5) is 0 Å². The molecule has 0 aliphatic heterocycles. The van der Waals surface area contributed by atoms with Gasteiger partial charge < -0.3 is 0 Å². The average Bonchev–Trinajstić information content (AvgIpc) is 1.90. The summed E-state index contributed by atoms with van der Waals surface area (Å²) >= 11 is 9.53. The summed E-state index contributed by atoms with van der Waals surface area (Å²) in [5.41, 5.74) is 0. The standard InChI is InChI=1S/C2H6O4S.CH2Cl2/c1-5-7(3,4)6-2;2-1-3/h1-2H3;1H2. The SMILES string of the molecule is COS(=O)(=O)OC.ClCCl. The maximum Gasteiger partial charge on any atom is 0.399 e. The summed E-state index contributed by atoms with van der Waals surface area (Å²) in [6, 6.07) is 0. The fourth-order valence-corrected chi connectivity index (χ4v) is 0.204. The lowest BCUT2D eigenvalue weighted by Gasteiger charge is -1.91. The predicted octanol–water partition coefficient (Wildman–Crippen LogP) is 0.946. The van der Waals surface area contributed by atoms with Crippen molar-refractivity contribution in [3.63, 3.8) is 0 Å². The highest BCUT2D eigenvalue weighted by Crippen LogP contribution is 1.85. The normalized spacial score (nSPS) is 10.0. The Hall–Kier alpha value is 0.450. The number of rotatable bonds is 2. The lowest BCUT2D eigenvalue weighted by atomic mass is 11.8. The molecule has 0 aliphatic carbocycles. The Morgan fingerprint density at radius 3 is 1.40 bits per heavy atom. The molecular weight excluding hydrogens is 203 g/mol. The van der Waals surface area contributed by atoms with Gasteiger partial charge in [0.2, 0.25) is 0 Å². The highest BCUT2D eigenvalue weighted by Gasteiger charge is 2.01. The van der Waals surface area contributed by atoms with Crippen LogP contribution in [-0.4, -0.2) is 28.0 Å². The van der Waals surface area contributed by atoms with E-state index in [1.165, 1.54) is 0 Å². The monoisotopic (exact) mass is 210 g/mol. The van der Waals surface area contributed by atoms with Crippen LogP contribution in [0.1, 0.15) is 0 Å². The van der Waals surface area contributed by atoms with Gasteiger partial charge in [0.25, 0.3) is 0 Å². The molecule has 0 saturated heterocycles. The second-order valence-corrected chi connectivity index (χ2v) is 3.13. The highest BCUT2D eigenvalue weighted by molar-refractivity contribution is 7.81. The molecule has 0 radical (unpaired) electrons. The number of hydrogen-bond donors (Lipinski definition) is 0. The van der Waals surface area contributed by atoms with Crippen molar-refractivity contribution in [3.05, 3.63) is 0 Å². The van der Waals surface area contributed by atoms with Gasteiger partial charge in [-0.25, -0.2) is 0 Å². The van der Waals surface area contributed by atoms with E-state index in [2.05, 4.69) is 8.37 Å². The van der Waals surface area contributed by atoms with E-state index < -0.39 is 10.4 Å². The van der Waals surface area contributed by atoms with Crippen LogP contribution < -0.4 is 0 Å². The topological polar surface area (TPSA) is 52.6 Å². The van der Waals surface area contributed by atoms with Gasteiger partial charge in [-0.05, 0) is 0 Å². The molecule has 0 saturated carbocycles. The van der Waals surface area contributed by atoms with Crippen LogP contribution in [0.3, 0.4) is 0 Å². The minimum absolute atomic E-state index is 0.194. The van der Waals surface area contributed by atoms with Gasteiger partial charge >= 0.3 is 10.4 Å². The van der Waals surface area contributed by atoms with Crippen molar-refractivity contribution in [2.75, 3.05) is 19.6 Å². The third kappa shape index (κ3) is 11.3. The number of alkyl halides is 2. The fraction of sp³-hybridized carbons (Fsp3) is 1.00. The van der Waals surface area contributed by atoms with E-state index in [9.17, 15) is 8.42 Å². The van der Waals surface area contributed by atoms with Crippen molar-refractivity contribution in [2.24, 2.45) is 0 Å². The van der Waals surface area contributed by atoms with Gasteiger partial charge in [0.1, 0.15) is 0 Å². The third-order valence-corrected chi connectivity index (χ3v) is 1.22. The van der Waals surface area contributed by atoms with E-state index in [1.807, 2.05) is 0 Å². The molecule has 0 aromatic carbocycles. The van der Waals surface area contributed by atoms with Gasteiger partial charge in [0.15, 0.2) is 0 Å². The first-order chi connectivity index (χ1) is 4.54. The van der Waals surface area contributed by atoms with Crippen molar-refractivity contribution < 1.29 is 16.8 Å². The van der Waals surface area contributed by atoms with Crippen LogP contribution in [0.25, 0.3) is 0 Å². The Labute approximate surface area is 70.4 Å². The molecular formula is C3H8Cl2O4S. The average molecular weight is 211 g/mol. The van der Waals surface area contributed by atoms with Crippen molar-refractivity contribution in [3.8, 4) is 0 Å². The Balaban J connectivity index is 0. The lowest BCUT2D eigenvalue weighted by molar-refractivity contribution is 0.286. The van der Waals surface area contributed by atoms with Gasteiger partial charge in [-0.3, -0.25) is 8.37 Å². The van der Waals surface area contributed by atoms with E-state index >= 15 is 0 Å². The zero-order chi connectivity index (χ0) is 8.62. The van der Waals surface area contributed by atoms with Gasteiger partial charge in [-0.2, -0.15) is 8.42 Å². The second-order valence-electron chi connectivity index (χ2n) is 0.843. The van der Waals surface area contributed by atoms with E-state index in [0.717, 1.165) is 14.2 Å². The molecule has 0 N–H and O–H groups in total. The molecule has 0 aromatic rings. The fourth-order valence-electron chi connectivity index (χ4n) is 0.0680. The smallest absolute Gasteiger partial charge is 0.252 e. The molecule has 64 valence electrons. The summed E-state index contributed by atoms with van der Waals surface area (Å²) in [4.78, 5) is 0. The zero-order valence-electron chi connectivity index (χ0n) is 5.50. The summed E-state index contributed by atoms with van der Waals surface area (Å²) in [6.45, 7) is 0. The molecule has 4 nitrogen and oxygen atoms in total. The van der Waals surface area contributed by atoms with E-state index in [4.69, 9.17) is 23.2 Å². The summed E-state index contributed by atoms with van der Waals surface area (Å²) in [7, 11) is -1.60.